The molecule has 2 heteroatoms. The largest absolute Gasteiger partial charge is 0.423 e. The molecule has 120 valence electrons. The molecule has 0 atom stereocenters. The second kappa shape index (κ2) is 6.25. The number of hydrogen-bond donors (Lipinski definition) is 0. The van der Waals surface area contributed by atoms with Crippen LogP contribution in [0.2, 0.25) is 0 Å². The van der Waals surface area contributed by atoms with Crippen molar-refractivity contribution in [2.75, 3.05) is 0 Å². The standard InChI is InChI=1S/C23H16O2/c1-2-23(24)25-22-13-9-5-8-12-18-19-14-16-10-6-3-4-7-11-17(16)20(19)15-21(18)22/h2-15H,1H2. The number of rotatable bonds is 2. The normalized spacial score (nSPS) is 10.7. The van der Waals surface area contributed by atoms with E-state index in [2.05, 4.69) is 36.9 Å². The number of fused-ring (bicyclic) bond motifs is 5. The summed E-state index contributed by atoms with van der Waals surface area (Å²) in [5.74, 6) is 0.0787. The third-order valence-electron chi connectivity index (χ3n) is 4.31. The molecular weight excluding hydrogens is 308 g/mol. The molecule has 0 unspecified atom stereocenters. The van der Waals surface area contributed by atoms with Crippen LogP contribution in [0.3, 0.4) is 0 Å². The van der Waals surface area contributed by atoms with Crippen LogP contribution >= 0.6 is 0 Å². The van der Waals surface area contributed by atoms with Gasteiger partial charge in [0, 0.05) is 11.5 Å². The van der Waals surface area contributed by atoms with Gasteiger partial charge in [-0.05, 0) is 45.5 Å². The lowest BCUT2D eigenvalue weighted by Gasteiger charge is -2.01. The summed E-state index contributed by atoms with van der Waals surface area (Å²) in [6.45, 7) is 3.48. The van der Waals surface area contributed by atoms with Gasteiger partial charge in [0.2, 0.25) is 0 Å². The Hall–Kier alpha value is -3.39. The molecule has 0 amide bonds. The van der Waals surface area contributed by atoms with Crippen molar-refractivity contribution >= 4 is 27.5 Å². The van der Waals surface area contributed by atoms with Crippen LogP contribution in [0.5, 0.6) is 5.75 Å². The van der Waals surface area contributed by atoms with Crippen LogP contribution in [0, 0.1) is 0 Å². The number of carbonyl (C=O) groups excluding carboxylic acids is 1. The number of carbonyl (C=O) groups is 1. The summed E-state index contributed by atoms with van der Waals surface area (Å²) >= 11 is 0. The lowest BCUT2D eigenvalue weighted by atomic mass is 10.1. The van der Waals surface area contributed by atoms with Gasteiger partial charge in [-0.2, -0.15) is 0 Å². The van der Waals surface area contributed by atoms with Crippen LogP contribution in [0.15, 0.2) is 91.5 Å². The fourth-order valence-electron chi connectivity index (χ4n) is 3.19. The van der Waals surface area contributed by atoms with Gasteiger partial charge >= 0.3 is 5.97 Å². The van der Waals surface area contributed by atoms with Gasteiger partial charge in [0.05, 0.1) is 0 Å². The van der Waals surface area contributed by atoms with Gasteiger partial charge in [0.15, 0.2) is 0 Å². The molecule has 0 heterocycles. The van der Waals surface area contributed by atoms with E-state index in [-0.39, 0.29) is 0 Å². The Morgan fingerprint density at radius 2 is 1.40 bits per heavy atom. The summed E-state index contributed by atoms with van der Waals surface area (Å²) < 4.78 is 5.47. The molecule has 0 bridgehead atoms. The van der Waals surface area contributed by atoms with Crippen LogP contribution < -0.4 is 4.74 Å². The van der Waals surface area contributed by atoms with Crippen molar-refractivity contribution in [2.45, 2.75) is 0 Å². The van der Waals surface area contributed by atoms with Crippen molar-refractivity contribution in [3.8, 4) is 16.9 Å². The van der Waals surface area contributed by atoms with Crippen molar-refractivity contribution in [1.82, 2.24) is 0 Å². The molecule has 25 heavy (non-hydrogen) atoms. The van der Waals surface area contributed by atoms with E-state index in [1.54, 1.807) is 0 Å². The smallest absolute Gasteiger partial charge is 0.335 e. The molecule has 0 spiro atoms. The minimum Gasteiger partial charge on any atom is -0.423 e. The zero-order chi connectivity index (χ0) is 17.2. The van der Waals surface area contributed by atoms with E-state index in [9.17, 15) is 4.79 Å². The zero-order valence-electron chi connectivity index (χ0n) is 13.6. The molecule has 0 saturated carbocycles. The highest BCUT2D eigenvalue weighted by Crippen LogP contribution is 2.43. The second-order valence-corrected chi connectivity index (χ2v) is 5.82. The van der Waals surface area contributed by atoms with E-state index in [0.717, 1.165) is 21.9 Å². The Morgan fingerprint density at radius 1 is 0.760 bits per heavy atom. The van der Waals surface area contributed by atoms with E-state index >= 15 is 0 Å². The third-order valence-corrected chi connectivity index (χ3v) is 4.31. The van der Waals surface area contributed by atoms with Crippen molar-refractivity contribution in [3.05, 3.63) is 91.5 Å². The first-order valence-electron chi connectivity index (χ1n) is 8.12. The molecule has 4 rings (SSSR count). The number of hydrogen-bond acceptors (Lipinski definition) is 2. The summed E-state index contributed by atoms with van der Waals surface area (Å²) in [7, 11) is 0. The third kappa shape index (κ3) is 2.68. The molecule has 2 aliphatic carbocycles. The summed E-state index contributed by atoms with van der Waals surface area (Å²) in [6.07, 6.45) is 1.18. The predicted octanol–water partition coefficient (Wildman–Crippen LogP) is 5.75. The lowest BCUT2D eigenvalue weighted by molar-refractivity contribution is -0.128. The molecule has 0 N–H and O–H groups in total. The molecule has 0 fully saturated rings. The zero-order valence-corrected chi connectivity index (χ0v) is 13.6. The fraction of sp³-hybridized carbons (Fsp3) is 0. The van der Waals surface area contributed by atoms with Gasteiger partial charge in [-0.25, -0.2) is 4.79 Å². The highest BCUT2D eigenvalue weighted by Gasteiger charge is 2.17. The monoisotopic (exact) mass is 324 g/mol. The van der Waals surface area contributed by atoms with Crippen LogP contribution in [-0.2, 0) is 4.79 Å². The maximum absolute atomic E-state index is 11.7. The summed E-state index contributed by atoms with van der Waals surface area (Å²) in [4.78, 5) is 11.7. The van der Waals surface area contributed by atoms with E-state index in [1.165, 1.54) is 16.8 Å². The van der Waals surface area contributed by atoms with Crippen molar-refractivity contribution in [3.63, 3.8) is 0 Å². The highest BCUT2D eigenvalue weighted by molar-refractivity contribution is 6.15. The molecular formula is C23H16O2. The Kier molecular flexibility index (Phi) is 3.79. The summed E-state index contributed by atoms with van der Waals surface area (Å²) in [5.41, 5.74) is 2.31. The lowest BCUT2D eigenvalue weighted by Crippen LogP contribution is -2.02. The molecule has 0 saturated heterocycles. The van der Waals surface area contributed by atoms with Crippen molar-refractivity contribution in [1.29, 1.82) is 0 Å². The minimum absolute atomic E-state index is 0.459. The highest BCUT2D eigenvalue weighted by atomic mass is 16.5. The molecule has 0 aromatic heterocycles. The Labute approximate surface area is 146 Å². The average molecular weight is 324 g/mol. The Morgan fingerprint density at radius 3 is 2.20 bits per heavy atom. The first-order valence-corrected chi connectivity index (χ1v) is 8.12. The van der Waals surface area contributed by atoms with E-state index < -0.39 is 5.97 Å². The molecule has 0 radical (unpaired) electrons. The Balaban J connectivity index is 2.09. The van der Waals surface area contributed by atoms with E-state index in [4.69, 9.17) is 4.74 Å². The summed E-state index contributed by atoms with van der Waals surface area (Å²) in [5, 5.41) is 4.34. The van der Waals surface area contributed by atoms with Crippen LogP contribution in [0.4, 0.5) is 0 Å². The molecule has 2 aliphatic rings. The topological polar surface area (TPSA) is 26.3 Å². The van der Waals surface area contributed by atoms with Crippen molar-refractivity contribution in [2.24, 2.45) is 0 Å². The van der Waals surface area contributed by atoms with Gasteiger partial charge in [-0.15, -0.1) is 0 Å². The molecule has 0 aliphatic heterocycles. The van der Waals surface area contributed by atoms with Crippen LogP contribution in [-0.4, -0.2) is 5.97 Å². The maximum atomic E-state index is 11.7. The number of ether oxygens (including phenoxy) is 1. The van der Waals surface area contributed by atoms with Gasteiger partial charge in [0.1, 0.15) is 5.75 Å². The fourth-order valence-corrected chi connectivity index (χ4v) is 3.19. The minimum atomic E-state index is -0.459. The Bertz CT molecular complexity index is 1110. The van der Waals surface area contributed by atoms with Crippen molar-refractivity contribution < 1.29 is 9.53 Å². The van der Waals surface area contributed by atoms with Gasteiger partial charge in [0.25, 0.3) is 0 Å². The van der Waals surface area contributed by atoms with Gasteiger partial charge in [-0.3, -0.25) is 0 Å². The first-order chi connectivity index (χ1) is 12.3. The quantitative estimate of drug-likeness (QED) is 0.346. The van der Waals surface area contributed by atoms with E-state index in [0.29, 0.717) is 5.75 Å². The van der Waals surface area contributed by atoms with E-state index in [1.807, 2.05) is 48.5 Å². The maximum Gasteiger partial charge on any atom is 0.335 e. The molecule has 2 nitrogen and oxygen atoms in total. The van der Waals surface area contributed by atoms with Crippen LogP contribution in [0.25, 0.3) is 32.7 Å². The van der Waals surface area contributed by atoms with Gasteiger partial charge in [-0.1, -0.05) is 67.2 Å². The SMILES string of the molecule is C=CC(=O)Oc1cccccc2c3cc4ccccccc4c-3cc12. The average Bonchev–Trinajstić information content (AvgIpc) is 3.07. The number of esters is 1. The van der Waals surface area contributed by atoms with Gasteiger partial charge < -0.3 is 4.74 Å². The second-order valence-electron chi connectivity index (χ2n) is 5.82. The molecule has 2 aromatic carbocycles. The van der Waals surface area contributed by atoms with Crippen LogP contribution in [0.1, 0.15) is 0 Å². The first kappa shape index (κ1) is 15.2. The predicted molar refractivity (Wildman–Crippen MR) is 103 cm³/mol. The molecule has 2 aromatic rings. The summed E-state index contributed by atoms with van der Waals surface area (Å²) in [6, 6.07) is 26.3.